The van der Waals surface area contributed by atoms with Gasteiger partial charge >= 0.3 is 0 Å². The molecule has 0 unspecified atom stereocenters. The third-order valence-corrected chi connectivity index (χ3v) is 2.33. The Morgan fingerprint density at radius 3 is 2.29 bits per heavy atom. The van der Waals surface area contributed by atoms with E-state index in [4.69, 9.17) is 5.84 Å². The first-order valence-electron chi connectivity index (χ1n) is 4.89. The van der Waals surface area contributed by atoms with Crippen LogP contribution in [0.1, 0.15) is 25.3 Å². The SMILES string of the molecule is CC(C)c1ccc(N(C)CNN)cc1. The van der Waals surface area contributed by atoms with Gasteiger partial charge in [0.2, 0.25) is 0 Å². The van der Waals surface area contributed by atoms with E-state index in [2.05, 4.69) is 48.4 Å². The molecule has 0 fully saturated rings. The normalized spacial score (nSPS) is 10.6. The molecule has 0 aliphatic rings. The van der Waals surface area contributed by atoms with Gasteiger partial charge in [-0.05, 0) is 23.6 Å². The van der Waals surface area contributed by atoms with Gasteiger partial charge in [-0.2, -0.15) is 0 Å². The Balaban J connectivity index is 2.72. The van der Waals surface area contributed by atoms with Crippen molar-refractivity contribution in [3.8, 4) is 0 Å². The number of hydrogen-bond acceptors (Lipinski definition) is 3. The van der Waals surface area contributed by atoms with Crippen molar-refractivity contribution in [1.29, 1.82) is 0 Å². The highest BCUT2D eigenvalue weighted by atomic mass is 15.3. The summed E-state index contributed by atoms with van der Waals surface area (Å²) in [4.78, 5) is 2.06. The number of hydrogen-bond donors (Lipinski definition) is 2. The van der Waals surface area contributed by atoms with Crippen LogP contribution >= 0.6 is 0 Å². The monoisotopic (exact) mass is 193 g/mol. The van der Waals surface area contributed by atoms with Crippen LogP contribution in [0.5, 0.6) is 0 Å². The quantitative estimate of drug-likeness (QED) is 0.434. The van der Waals surface area contributed by atoms with E-state index >= 15 is 0 Å². The lowest BCUT2D eigenvalue weighted by Gasteiger charge is -2.19. The van der Waals surface area contributed by atoms with Gasteiger partial charge < -0.3 is 4.90 Å². The number of nitrogens with two attached hydrogens (primary N) is 1. The number of hydrazine groups is 1. The van der Waals surface area contributed by atoms with Crippen LogP contribution in [0.25, 0.3) is 0 Å². The average Bonchev–Trinajstić information content (AvgIpc) is 2.18. The Labute approximate surface area is 85.9 Å². The number of benzene rings is 1. The fourth-order valence-electron chi connectivity index (χ4n) is 1.34. The summed E-state index contributed by atoms with van der Waals surface area (Å²) in [5, 5.41) is 0. The van der Waals surface area contributed by atoms with Crippen LogP contribution < -0.4 is 16.2 Å². The summed E-state index contributed by atoms with van der Waals surface area (Å²) < 4.78 is 0. The third kappa shape index (κ3) is 2.72. The Morgan fingerprint density at radius 1 is 1.29 bits per heavy atom. The van der Waals surface area contributed by atoms with Crippen molar-refractivity contribution in [3.05, 3.63) is 29.8 Å². The van der Waals surface area contributed by atoms with E-state index in [1.807, 2.05) is 7.05 Å². The van der Waals surface area contributed by atoms with E-state index in [0.717, 1.165) is 0 Å². The molecule has 0 bridgehead atoms. The summed E-state index contributed by atoms with van der Waals surface area (Å²) in [5.74, 6) is 5.84. The van der Waals surface area contributed by atoms with Crippen molar-refractivity contribution in [1.82, 2.24) is 5.43 Å². The van der Waals surface area contributed by atoms with Crippen LogP contribution in [0.2, 0.25) is 0 Å². The standard InChI is InChI=1S/C11H19N3/c1-9(2)10-4-6-11(7-5-10)14(3)8-13-12/h4-7,9,13H,8,12H2,1-3H3. The van der Waals surface area contributed by atoms with Gasteiger partial charge in [0.1, 0.15) is 0 Å². The lowest BCUT2D eigenvalue weighted by Crippen LogP contribution is -2.35. The van der Waals surface area contributed by atoms with Crippen LogP contribution in [0.3, 0.4) is 0 Å². The largest absolute Gasteiger partial charge is 0.361 e. The molecule has 0 aliphatic heterocycles. The lowest BCUT2D eigenvalue weighted by molar-refractivity contribution is 0.717. The number of nitrogens with one attached hydrogen (secondary N) is 1. The number of rotatable bonds is 4. The highest BCUT2D eigenvalue weighted by molar-refractivity contribution is 5.47. The summed E-state index contributed by atoms with van der Waals surface area (Å²) in [7, 11) is 2.00. The van der Waals surface area contributed by atoms with Gasteiger partial charge in [-0.1, -0.05) is 26.0 Å². The molecule has 0 heterocycles. The van der Waals surface area contributed by atoms with Crippen molar-refractivity contribution < 1.29 is 0 Å². The van der Waals surface area contributed by atoms with Gasteiger partial charge in [0.25, 0.3) is 0 Å². The van der Waals surface area contributed by atoms with Gasteiger partial charge in [0.15, 0.2) is 0 Å². The molecule has 0 aliphatic carbocycles. The second-order valence-electron chi connectivity index (χ2n) is 3.81. The molecule has 3 N–H and O–H groups in total. The molecular weight excluding hydrogens is 174 g/mol. The first-order valence-corrected chi connectivity index (χ1v) is 4.89. The van der Waals surface area contributed by atoms with Crippen LogP contribution in [-0.4, -0.2) is 13.7 Å². The zero-order valence-electron chi connectivity index (χ0n) is 9.12. The molecular formula is C11H19N3. The molecule has 0 atom stereocenters. The van der Waals surface area contributed by atoms with E-state index in [0.29, 0.717) is 12.6 Å². The number of nitrogens with zero attached hydrogens (tertiary/aromatic N) is 1. The minimum absolute atomic E-state index is 0.585. The van der Waals surface area contributed by atoms with Crippen LogP contribution in [-0.2, 0) is 0 Å². The zero-order valence-corrected chi connectivity index (χ0v) is 9.12. The smallest absolute Gasteiger partial charge is 0.0805 e. The molecule has 1 rings (SSSR count). The third-order valence-electron chi connectivity index (χ3n) is 2.33. The minimum Gasteiger partial charge on any atom is -0.361 e. The Bertz CT molecular complexity index is 266. The summed E-state index contributed by atoms with van der Waals surface area (Å²) >= 11 is 0. The van der Waals surface area contributed by atoms with Gasteiger partial charge in [0.05, 0.1) is 6.67 Å². The van der Waals surface area contributed by atoms with Crippen molar-refractivity contribution in [2.45, 2.75) is 19.8 Å². The fourth-order valence-corrected chi connectivity index (χ4v) is 1.34. The first kappa shape index (κ1) is 11.0. The van der Waals surface area contributed by atoms with E-state index in [1.54, 1.807) is 0 Å². The average molecular weight is 193 g/mol. The van der Waals surface area contributed by atoms with Crippen molar-refractivity contribution in [3.63, 3.8) is 0 Å². The van der Waals surface area contributed by atoms with E-state index in [9.17, 15) is 0 Å². The lowest BCUT2D eigenvalue weighted by atomic mass is 10.0. The molecule has 0 saturated heterocycles. The first-order chi connectivity index (χ1) is 6.65. The van der Waals surface area contributed by atoms with Crippen molar-refractivity contribution in [2.75, 3.05) is 18.6 Å². The molecule has 0 spiro atoms. The predicted octanol–water partition coefficient (Wildman–Crippen LogP) is 1.67. The summed E-state index contributed by atoms with van der Waals surface area (Å²) in [6.45, 7) is 5.04. The zero-order chi connectivity index (χ0) is 10.6. The topological polar surface area (TPSA) is 41.3 Å². The van der Waals surface area contributed by atoms with E-state index < -0.39 is 0 Å². The minimum atomic E-state index is 0.585. The molecule has 0 amide bonds. The maximum absolute atomic E-state index is 5.25. The number of anilines is 1. The Hall–Kier alpha value is -1.06. The molecule has 14 heavy (non-hydrogen) atoms. The molecule has 78 valence electrons. The molecule has 3 nitrogen and oxygen atoms in total. The molecule has 1 aromatic rings. The Kier molecular flexibility index (Phi) is 3.92. The van der Waals surface area contributed by atoms with Crippen LogP contribution in [0, 0.1) is 0 Å². The fraction of sp³-hybridized carbons (Fsp3) is 0.455. The second kappa shape index (κ2) is 4.98. The molecule has 3 heteroatoms. The van der Waals surface area contributed by atoms with Gasteiger partial charge in [-0.15, -0.1) is 0 Å². The Morgan fingerprint density at radius 2 is 1.86 bits per heavy atom. The summed E-state index contributed by atoms with van der Waals surface area (Å²) in [6.07, 6.45) is 0. The van der Waals surface area contributed by atoms with Gasteiger partial charge in [-0.25, -0.2) is 5.43 Å². The van der Waals surface area contributed by atoms with Crippen LogP contribution in [0.15, 0.2) is 24.3 Å². The highest BCUT2D eigenvalue weighted by Crippen LogP contribution is 2.18. The second-order valence-corrected chi connectivity index (χ2v) is 3.81. The highest BCUT2D eigenvalue weighted by Gasteiger charge is 2.01. The van der Waals surface area contributed by atoms with E-state index in [1.165, 1.54) is 11.3 Å². The van der Waals surface area contributed by atoms with E-state index in [-0.39, 0.29) is 0 Å². The predicted molar refractivity (Wildman–Crippen MR) is 61.1 cm³/mol. The molecule has 1 aromatic carbocycles. The van der Waals surface area contributed by atoms with Crippen molar-refractivity contribution >= 4 is 5.69 Å². The summed E-state index contributed by atoms with van der Waals surface area (Å²) in [6, 6.07) is 8.55. The van der Waals surface area contributed by atoms with Gasteiger partial charge in [0, 0.05) is 12.7 Å². The van der Waals surface area contributed by atoms with Crippen LogP contribution in [0.4, 0.5) is 5.69 Å². The molecule has 0 radical (unpaired) electrons. The maximum Gasteiger partial charge on any atom is 0.0805 e. The van der Waals surface area contributed by atoms with Gasteiger partial charge in [-0.3, -0.25) is 5.84 Å². The molecule has 0 saturated carbocycles. The van der Waals surface area contributed by atoms with Crippen molar-refractivity contribution in [2.24, 2.45) is 5.84 Å². The molecule has 0 aromatic heterocycles. The summed E-state index contributed by atoms with van der Waals surface area (Å²) in [5.41, 5.74) is 5.17. The maximum atomic E-state index is 5.25.